The predicted molar refractivity (Wildman–Crippen MR) is 96.0 cm³/mol. The molecule has 2 aromatic carbocycles. The van der Waals surface area contributed by atoms with Crippen molar-refractivity contribution in [2.24, 2.45) is 4.99 Å². The van der Waals surface area contributed by atoms with Gasteiger partial charge in [0.1, 0.15) is 5.84 Å². The average molecular weight is 320 g/mol. The monoisotopic (exact) mass is 320 g/mol. The van der Waals surface area contributed by atoms with Gasteiger partial charge in [0.05, 0.1) is 5.69 Å². The number of piperazine rings is 1. The van der Waals surface area contributed by atoms with Gasteiger partial charge in [-0.3, -0.25) is 0 Å². The molecule has 0 bridgehead atoms. The molecule has 0 aliphatic carbocycles. The normalized spacial score (nSPS) is 17.0. The molecule has 2 aliphatic heterocycles. The quantitative estimate of drug-likeness (QED) is 0.688. The highest BCUT2D eigenvalue weighted by Crippen LogP contribution is 2.36. The van der Waals surface area contributed by atoms with Gasteiger partial charge in [-0.2, -0.15) is 0 Å². The van der Waals surface area contributed by atoms with E-state index in [1.165, 1.54) is 16.3 Å². The van der Waals surface area contributed by atoms with E-state index in [4.69, 9.17) is 4.99 Å². The SMILES string of the molecule is c1cc2c3c(cccc3c1)C(N1CCN(c3nccs3)CC1)=N2. The Bertz CT molecular complexity index is 887. The Hall–Kier alpha value is -2.40. The topological polar surface area (TPSA) is 31.7 Å². The summed E-state index contributed by atoms with van der Waals surface area (Å²) in [5, 5.41) is 5.75. The molecular formula is C18H16N4S. The van der Waals surface area contributed by atoms with E-state index < -0.39 is 0 Å². The van der Waals surface area contributed by atoms with Gasteiger partial charge in [0.25, 0.3) is 0 Å². The Morgan fingerprint density at radius 1 is 0.913 bits per heavy atom. The minimum Gasteiger partial charge on any atom is -0.353 e. The van der Waals surface area contributed by atoms with Crippen LogP contribution in [0.25, 0.3) is 10.8 Å². The molecule has 0 radical (unpaired) electrons. The molecule has 0 atom stereocenters. The number of anilines is 1. The van der Waals surface area contributed by atoms with Gasteiger partial charge in [-0.15, -0.1) is 11.3 Å². The fourth-order valence-electron chi connectivity index (χ4n) is 3.50. The van der Waals surface area contributed by atoms with Crippen molar-refractivity contribution in [2.75, 3.05) is 31.1 Å². The van der Waals surface area contributed by atoms with Crippen molar-refractivity contribution in [1.82, 2.24) is 9.88 Å². The molecule has 1 aromatic heterocycles. The lowest BCUT2D eigenvalue weighted by Gasteiger charge is -2.35. The fourth-order valence-corrected chi connectivity index (χ4v) is 4.19. The maximum Gasteiger partial charge on any atom is 0.185 e. The Morgan fingerprint density at radius 2 is 1.70 bits per heavy atom. The summed E-state index contributed by atoms with van der Waals surface area (Å²) in [6.45, 7) is 3.98. The predicted octanol–water partition coefficient (Wildman–Crippen LogP) is 3.51. The van der Waals surface area contributed by atoms with Crippen molar-refractivity contribution in [2.45, 2.75) is 0 Å². The largest absolute Gasteiger partial charge is 0.353 e. The van der Waals surface area contributed by atoms with E-state index in [0.717, 1.165) is 42.8 Å². The van der Waals surface area contributed by atoms with Gasteiger partial charge in [0.2, 0.25) is 0 Å². The molecule has 3 heterocycles. The average Bonchev–Trinajstić information content (AvgIpc) is 3.25. The van der Waals surface area contributed by atoms with Gasteiger partial charge in [0, 0.05) is 48.7 Å². The Kier molecular flexibility index (Phi) is 2.88. The van der Waals surface area contributed by atoms with Crippen LogP contribution >= 0.6 is 11.3 Å². The smallest absolute Gasteiger partial charge is 0.185 e. The molecule has 0 unspecified atom stereocenters. The number of amidine groups is 1. The first-order valence-electron chi connectivity index (χ1n) is 7.90. The van der Waals surface area contributed by atoms with Gasteiger partial charge in [-0.25, -0.2) is 9.98 Å². The van der Waals surface area contributed by atoms with Crippen LogP contribution in [-0.2, 0) is 0 Å². The Morgan fingerprint density at radius 3 is 2.48 bits per heavy atom. The van der Waals surface area contributed by atoms with Gasteiger partial charge in [0.15, 0.2) is 5.13 Å². The van der Waals surface area contributed by atoms with E-state index >= 15 is 0 Å². The van der Waals surface area contributed by atoms with E-state index in [9.17, 15) is 0 Å². The number of aliphatic imine (C=N–C) groups is 1. The van der Waals surface area contributed by atoms with Crippen molar-refractivity contribution in [3.63, 3.8) is 0 Å². The number of thiazole rings is 1. The summed E-state index contributed by atoms with van der Waals surface area (Å²) in [6.07, 6.45) is 1.88. The second-order valence-electron chi connectivity index (χ2n) is 5.91. The van der Waals surface area contributed by atoms with Crippen molar-refractivity contribution >= 4 is 38.8 Å². The first kappa shape index (κ1) is 13.1. The maximum atomic E-state index is 4.92. The highest BCUT2D eigenvalue weighted by atomic mass is 32.1. The van der Waals surface area contributed by atoms with Crippen LogP contribution in [0, 0.1) is 0 Å². The molecule has 4 nitrogen and oxygen atoms in total. The summed E-state index contributed by atoms with van der Waals surface area (Å²) in [5.74, 6) is 1.13. The zero-order chi connectivity index (χ0) is 15.2. The molecule has 5 heteroatoms. The molecule has 114 valence electrons. The summed E-state index contributed by atoms with van der Waals surface area (Å²) in [6, 6.07) is 12.9. The fraction of sp³-hybridized carbons (Fsp3) is 0.222. The van der Waals surface area contributed by atoms with Crippen molar-refractivity contribution < 1.29 is 0 Å². The van der Waals surface area contributed by atoms with Crippen LogP contribution in [0.1, 0.15) is 5.56 Å². The molecule has 0 spiro atoms. The second-order valence-corrected chi connectivity index (χ2v) is 6.78. The zero-order valence-electron chi connectivity index (χ0n) is 12.6. The highest BCUT2D eigenvalue weighted by Gasteiger charge is 2.26. The second kappa shape index (κ2) is 5.06. The maximum absolute atomic E-state index is 4.92. The molecule has 23 heavy (non-hydrogen) atoms. The lowest BCUT2D eigenvalue weighted by Crippen LogP contribution is -2.48. The van der Waals surface area contributed by atoms with Crippen LogP contribution in [0.5, 0.6) is 0 Å². The standard InChI is InChI=1S/C18H16N4S/c1-3-13-4-2-6-15-16(13)14(5-1)17(20-15)21-8-10-22(11-9-21)18-19-7-12-23-18/h1-7,12H,8-11H2. The first-order chi connectivity index (χ1) is 11.4. The number of hydrogen-bond donors (Lipinski definition) is 0. The molecule has 5 rings (SSSR count). The third-order valence-electron chi connectivity index (χ3n) is 4.62. The van der Waals surface area contributed by atoms with Gasteiger partial charge in [-0.1, -0.05) is 30.3 Å². The van der Waals surface area contributed by atoms with Gasteiger partial charge in [-0.05, 0) is 11.5 Å². The van der Waals surface area contributed by atoms with E-state index in [1.807, 2.05) is 11.6 Å². The highest BCUT2D eigenvalue weighted by molar-refractivity contribution is 7.13. The number of nitrogens with zero attached hydrogens (tertiary/aromatic N) is 4. The third-order valence-corrected chi connectivity index (χ3v) is 5.45. The number of rotatable bonds is 1. The number of benzene rings is 2. The molecule has 1 fully saturated rings. The van der Waals surface area contributed by atoms with Crippen molar-refractivity contribution in [3.8, 4) is 0 Å². The molecule has 2 aliphatic rings. The van der Waals surface area contributed by atoms with E-state index in [-0.39, 0.29) is 0 Å². The Balaban J connectivity index is 1.43. The minimum absolute atomic E-state index is 0.989. The summed E-state index contributed by atoms with van der Waals surface area (Å²) >= 11 is 1.71. The van der Waals surface area contributed by atoms with Crippen molar-refractivity contribution in [3.05, 3.63) is 53.5 Å². The number of aromatic nitrogens is 1. The van der Waals surface area contributed by atoms with Gasteiger partial charge < -0.3 is 9.80 Å². The van der Waals surface area contributed by atoms with E-state index in [1.54, 1.807) is 11.3 Å². The third kappa shape index (κ3) is 2.04. The molecular weight excluding hydrogens is 304 g/mol. The Labute approximate surface area is 138 Å². The van der Waals surface area contributed by atoms with Gasteiger partial charge >= 0.3 is 0 Å². The van der Waals surface area contributed by atoms with E-state index in [2.05, 4.69) is 51.2 Å². The molecule has 0 N–H and O–H groups in total. The minimum atomic E-state index is 0.989. The van der Waals surface area contributed by atoms with Crippen LogP contribution in [0.2, 0.25) is 0 Å². The molecule has 0 amide bonds. The van der Waals surface area contributed by atoms with Crippen molar-refractivity contribution in [1.29, 1.82) is 0 Å². The molecule has 0 saturated carbocycles. The summed E-state index contributed by atoms with van der Waals surface area (Å²) < 4.78 is 0. The van der Waals surface area contributed by atoms with Crippen LogP contribution in [0.15, 0.2) is 53.0 Å². The molecule has 3 aromatic rings. The van der Waals surface area contributed by atoms with Crippen LogP contribution < -0.4 is 4.90 Å². The van der Waals surface area contributed by atoms with Crippen LogP contribution in [0.3, 0.4) is 0 Å². The summed E-state index contributed by atoms with van der Waals surface area (Å²) in [7, 11) is 0. The summed E-state index contributed by atoms with van der Waals surface area (Å²) in [5.41, 5.74) is 2.39. The lowest BCUT2D eigenvalue weighted by molar-refractivity contribution is 0.387. The zero-order valence-corrected chi connectivity index (χ0v) is 13.5. The lowest BCUT2D eigenvalue weighted by atomic mass is 10.0. The summed E-state index contributed by atoms with van der Waals surface area (Å²) in [4.78, 5) is 14.1. The first-order valence-corrected chi connectivity index (χ1v) is 8.78. The van der Waals surface area contributed by atoms with E-state index in [0.29, 0.717) is 0 Å². The molecule has 1 saturated heterocycles. The van der Waals surface area contributed by atoms with Crippen LogP contribution in [-0.4, -0.2) is 41.9 Å². The number of hydrogen-bond acceptors (Lipinski definition) is 5. The van der Waals surface area contributed by atoms with Crippen LogP contribution in [0.4, 0.5) is 10.8 Å².